The SMILES string of the molecule is COC(=S)NC[C@H]1CN(c2ccc3c(c2)-n2cccc2COC3)C(=O)O1. The van der Waals surface area contributed by atoms with Crippen molar-refractivity contribution in [2.24, 2.45) is 0 Å². The number of methoxy groups -OCH3 is 1. The van der Waals surface area contributed by atoms with Gasteiger partial charge in [0.25, 0.3) is 5.17 Å². The van der Waals surface area contributed by atoms with E-state index in [1.165, 1.54) is 7.11 Å². The summed E-state index contributed by atoms with van der Waals surface area (Å²) in [5.74, 6) is 0. The lowest BCUT2D eigenvalue weighted by atomic mass is 10.1. The topological polar surface area (TPSA) is 65.0 Å². The summed E-state index contributed by atoms with van der Waals surface area (Å²) in [5.41, 5.74) is 3.99. The Hall–Kier alpha value is -2.58. The van der Waals surface area contributed by atoms with E-state index in [0.29, 0.717) is 26.3 Å². The van der Waals surface area contributed by atoms with Crippen LogP contribution in [-0.2, 0) is 27.4 Å². The summed E-state index contributed by atoms with van der Waals surface area (Å²) in [6.45, 7) is 1.97. The van der Waals surface area contributed by atoms with E-state index in [0.717, 1.165) is 22.6 Å². The molecule has 1 aromatic carbocycles. The highest BCUT2D eigenvalue weighted by Crippen LogP contribution is 2.29. The minimum Gasteiger partial charge on any atom is -0.474 e. The number of aromatic nitrogens is 1. The van der Waals surface area contributed by atoms with Crippen molar-refractivity contribution in [3.05, 3.63) is 47.8 Å². The first kappa shape index (κ1) is 16.9. The molecule has 0 saturated carbocycles. The summed E-state index contributed by atoms with van der Waals surface area (Å²) in [7, 11) is 1.50. The number of rotatable bonds is 3. The molecule has 8 heteroatoms. The lowest BCUT2D eigenvalue weighted by molar-refractivity contribution is 0.108. The Kier molecular flexibility index (Phi) is 4.52. The first-order chi connectivity index (χ1) is 12.7. The van der Waals surface area contributed by atoms with E-state index < -0.39 is 0 Å². The largest absolute Gasteiger partial charge is 0.474 e. The maximum atomic E-state index is 12.3. The van der Waals surface area contributed by atoms with Crippen molar-refractivity contribution in [3.8, 4) is 5.69 Å². The van der Waals surface area contributed by atoms with Gasteiger partial charge in [-0.05, 0) is 36.5 Å². The van der Waals surface area contributed by atoms with Gasteiger partial charge in [-0.2, -0.15) is 0 Å². The van der Waals surface area contributed by atoms with Crippen molar-refractivity contribution in [1.82, 2.24) is 9.88 Å². The molecule has 1 aromatic heterocycles. The van der Waals surface area contributed by atoms with Gasteiger partial charge in [0.2, 0.25) is 0 Å². The zero-order chi connectivity index (χ0) is 18.1. The van der Waals surface area contributed by atoms with Crippen molar-refractivity contribution >= 4 is 29.2 Å². The van der Waals surface area contributed by atoms with Crippen LogP contribution in [-0.4, -0.2) is 42.1 Å². The van der Waals surface area contributed by atoms with Gasteiger partial charge >= 0.3 is 6.09 Å². The van der Waals surface area contributed by atoms with Crippen molar-refractivity contribution in [2.45, 2.75) is 19.3 Å². The van der Waals surface area contributed by atoms with Crippen LogP contribution >= 0.6 is 12.2 Å². The van der Waals surface area contributed by atoms with Gasteiger partial charge < -0.3 is 24.1 Å². The first-order valence-electron chi connectivity index (χ1n) is 8.33. The van der Waals surface area contributed by atoms with E-state index in [-0.39, 0.29) is 17.4 Å². The number of fused-ring (bicyclic) bond motifs is 3. The van der Waals surface area contributed by atoms with E-state index in [2.05, 4.69) is 9.88 Å². The van der Waals surface area contributed by atoms with Crippen molar-refractivity contribution in [1.29, 1.82) is 0 Å². The fraction of sp³-hybridized carbons (Fsp3) is 0.333. The van der Waals surface area contributed by atoms with Gasteiger partial charge in [-0.15, -0.1) is 0 Å². The van der Waals surface area contributed by atoms with Gasteiger partial charge in [0.05, 0.1) is 39.1 Å². The Bertz CT molecular complexity index is 851. The number of hydrogen-bond acceptors (Lipinski definition) is 5. The van der Waals surface area contributed by atoms with Gasteiger partial charge in [0.15, 0.2) is 0 Å². The lowest BCUT2D eigenvalue weighted by Gasteiger charge is -2.17. The molecular formula is C18H19N3O4S. The van der Waals surface area contributed by atoms with Crippen LogP contribution < -0.4 is 10.2 Å². The minimum atomic E-state index is -0.363. The molecule has 2 aromatic rings. The van der Waals surface area contributed by atoms with E-state index in [1.807, 2.05) is 36.5 Å². The molecule has 26 heavy (non-hydrogen) atoms. The third-order valence-electron chi connectivity index (χ3n) is 4.51. The van der Waals surface area contributed by atoms with Gasteiger partial charge in [-0.1, -0.05) is 6.07 Å². The maximum absolute atomic E-state index is 12.3. The molecule has 1 amide bonds. The van der Waals surface area contributed by atoms with E-state index in [1.54, 1.807) is 4.90 Å². The van der Waals surface area contributed by atoms with Crippen LogP contribution in [0.4, 0.5) is 10.5 Å². The number of anilines is 1. The number of benzene rings is 1. The molecule has 136 valence electrons. The second kappa shape index (κ2) is 6.97. The Morgan fingerprint density at radius 1 is 1.38 bits per heavy atom. The number of cyclic esters (lactones) is 1. The van der Waals surface area contributed by atoms with Crippen LogP contribution in [0.3, 0.4) is 0 Å². The maximum Gasteiger partial charge on any atom is 0.414 e. The summed E-state index contributed by atoms with van der Waals surface area (Å²) in [6, 6.07) is 9.95. The van der Waals surface area contributed by atoms with Gasteiger partial charge in [0, 0.05) is 23.1 Å². The first-order valence-corrected chi connectivity index (χ1v) is 8.74. The quantitative estimate of drug-likeness (QED) is 0.834. The lowest BCUT2D eigenvalue weighted by Crippen LogP contribution is -2.34. The molecule has 2 aliphatic rings. The molecule has 0 radical (unpaired) electrons. The van der Waals surface area contributed by atoms with Crippen LogP contribution in [0.2, 0.25) is 0 Å². The minimum absolute atomic E-state index is 0.282. The van der Waals surface area contributed by atoms with Crippen molar-refractivity contribution in [2.75, 3.05) is 25.1 Å². The van der Waals surface area contributed by atoms with Gasteiger partial charge in [-0.3, -0.25) is 4.90 Å². The monoisotopic (exact) mass is 373 g/mol. The van der Waals surface area contributed by atoms with Gasteiger partial charge in [-0.25, -0.2) is 4.79 Å². The second-order valence-electron chi connectivity index (χ2n) is 6.16. The van der Waals surface area contributed by atoms with Crippen molar-refractivity contribution < 1.29 is 19.0 Å². The van der Waals surface area contributed by atoms with Crippen LogP contribution in [0.1, 0.15) is 11.3 Å². The molecule has 1 N–H and O–H groups in total. The number of hydrogen-bond donors (Lipinski definition) is 1. The number of thiocarbonyl (C=S) groups is 1. The molecule has 1 fully saturated rings. The molecule has 0 bridgehead atoms. The van der Waals surface area contributed by atoms with E-state index >= 15 is 0 Å². The highest BCUT2D eigenvalue weighted by molar-refractivity contribution is 7.80. The van der Waals surface area contributed by atoms with Crippen LogP contribution in [0.5, 0.6) is 0 Å². The Labute approximate surface area is 156 Å². The summed E-state index contributed by atoms with van der Waals surface area (Å²) in [4.78, 5) is 13.9. The Morgan fingerprint density at radius 2 is 2.27 bits per heavy atom. The molecule has 7 nitrogen and oxygen atoms in total. The summed E-state index contributed by atoms with van der Waals surface area (Å²) >= 11 is 4.95. The molecular weight excluding hydrogens is 354 g/mol. The van der Waals surface area contributed by atoms with Crippen LogP contribution in [0.15, 0.2) is 36.5 Å². The molecule has 2 aliphatic heterocycles. The average molecular weight is 373 g/mol. The standard InChI is InChI=1S/C18H19N3O4S/c1-23-17(26)19-8-15-9-21(18(22)25-15)13-5-4-12-10-24-11-14-3-2-6-20(14)16(12)7-13/h2-7,15H,8-11H2,1H3,(H,19,26)/t15-/m0/s1. The summed E-state index contributed by atoms with van der Waals surface area (Å²) in [5, 5.41) is 3.20. The third-order valence-corrected chi connectivity index (χ3v) is 4.83. The smallest absolute Gasteiger partial charge is 0.414 e. The zero-order valence-corrected chi connectivity index (χ0v) is 15.1. The molecule has 1 atom stereocenters. The third kappa shape index (κ3) is 3.13. The van der Waals surface area contributed by atoms with Crippen LogP contribution in [0.25, 0.3) is 5.69 Å². The van der Waals surface area contributed by atoms with E-state index in [4.69, 9.17) is 26.4 Å². The highest BCUT2D eigenvalue weighted by atomic mass is 32.1. The molecule has 0 spiro atoms. The number of carbonyl (C=O) groups excluding carboxylic acids is 1. The molecule has 1 saturated heterocycles. The highest BCUT2D eigenvalue weighted by Gasteiger charge is 2.33. The molecule has 0 aliphatic carbocycles. The number of amides is 1. The Balaban J connectivity index is 1.56. The second-order valence-corrected chi connectivity index (χ2v) is 6.53. The fourth-order valence-corrected chi connectivity index (χ4v) is 3.29. The summed E-state index contributed by atoms with van der Waals surface area (Å²) < 4.78 is 18.1. The van der Waals surface area contributed by atoms with E-state index in [9.17, 15) is 4.79 Å². The predicted molar refractivity (Wildman–Crippen MR) is 99.5 cm³/mol. The number of nitrogens with zero attached hydrogens (tertiary/aromatic N) is 2. The van der Waals surface area contributed by atoms with Gasteiger partial charge in [0.1, 0.15) is 6.10 Å². The zero-order valence-electron chi connectivity index (χ0n) is 14.3. The fourth-order valence-electron chi connectivity index (χ4n) is 3.21. The van der Waals surface area contributed by atoms with Crippen LogP contribution in [0, 0.1) is 0 Å². The summed E-state index contributed by atoms with van der Waals surface area (Å²) in [6.07, 6.45) is 1.35. The van der Waals surface area contributed by atoms with Crippen molar-refractivity contribution in [3.63, 3.8) is 0 Å². The predicted octanol–water partition coefficient (Wildman–Crippen LogP) is 2.35. The Morgan fingerprint density at radius 3 is 3.12 bits per heavy atom. The molecule has 0 unspecified atom stereocenters. The number of carbonyl (C=O) groups is 1. The normalized spacial score (nSPS) is 18.6. The number of nitrogens with one attached hydrogen (secondary N) is 1. The average Bonchev–Trinajstić information content (AvgIpc) is 3.22. The molecule has 3 heterocycles. The molecule has 4 rings (SSSR count). The number of ether oxygens (including phenoxy) is 3.